The number of esters is 1. The molecule has 5 nitrogen and oxygen atoms in total. The van der Waals surface area contributed by atoms with E-state index in [-0.39, 0.29) is 12.0 Å². The zero-order chi connectivity index (χ0) is 11.4. The van der Waals surface area contributed by atoms with Crippen molar-refractivity contribution in [3.63, 3.8) is 0 Å². The first-order valence-electron chi connectivity index (χ1n) is 5.39. The fourth-order valence-electron chi connectivity index (χ4n) is 1.64. The second-order valence-electron chi connectivity index (χ2n) is 3.93. The predicted octanol–water partition coefficient (Wildman–Crippen LogP) is 0.518. The first kappa shape index (κ1) is 11.0. The van der Waals surface area contributed by atoms with Crippen molar-refractivity contribution in [3.05, 3.63) is 24.0 Å². The first-order valence-corrected chi connectivity index (χ1v) is 5.39. The molecule has 1 atom stereocenters. The molecule has 16 heavy (non-hydrogen) atoms. The van der Waals surface area contributed by atoms with Crippen LogP contribution in [0.5, 0.6) is 0 Å². The van der Waals surface area contributed by atoms with E-state index in [9.17, 15) is 4.79 Å². The number of methoxy groups -OCH3 is 1. The Hall–Kier alpha value is -1.49. The zero-order valence-corrected chi connectivity index (χ0v) is 9.22. The van der Waals surface area contributed by atoms with Gasteiger partial charge < -0.3 is 4.74 Å². The van der Waals surface area contributed by atoms with Crippen LogP contribution in [0.3, 0.4) is 0 Å². The summed E-state index contributed by atoms with van der Waals surface area (Å²) in [5, 5.41) is 10.9. The Morgan fingerprint density at radius 3 is 3.06 bits per heavy atom. The van der Waals surface area contributed by atoms with Crippen LogP contribution in [0.25, 0.3) is 0 Å². The Bertz CT molecular complexity index is 352. The van der Waals surface area contributed by atoms with Gasteiger partial charge in [0.05, 0.1) is 12.8 Å². The van der Waals surface area contributed by atoms with Gasteiger partial charge in [-0.25, -0.2) is 0 Å². The van der Waals surface area contributed by atoms with Gasteiger partial charge in [0.1, 0.15) is 6.04 Å². The third-order valence-electron chi connectivity index (χ3n) is 2.68. The lowest BCUT2D eigenvalue weighted by Crippen LogP contribution is -2.39. The molecule has 1 aromatic heterocycles. The molecule has 0 spiro atoms. The van der Waals surface area contributed by atoms with Crippen LogP contribution in [-0.4, -0.2) is 29.3 Å². The van der Waals surface area contributed by atoms with E-state index in [0.29, 0.717) is 12.5 Å². The predicted molar refractivity (Wildman–Crippen MR) is 57.4 cm³/mol. The molecule has 0 amide bonds. The van der Waals surface area contributed by atoms with Gasteiger partial charge in [0.2, 0.25) is 0 Å². The molecule has 0 bridgehead atoms. The molecule has 0 aliphatic heterocycles. The van der Waals surface area contributed by atoms with Gasteiger partial charge in [-0.2, -0.15) is 10.2 Å². The molecule has 1 unspecified atom stereocenters. The molecule has 1 N–H and O–H groups in total. The van der Waals surface area contributed by atoms with Gasteiger partial charge in [-0.3, -0.25) is 10.1 Å². The maximum Gasteiger partial charge on any atom is 0.323 e. The fraction of sp³-hybridized carbons (Fsp3) is 0.545. The molecule has 0 saturated heterocycles. The minimum Gasteiger partial charge on any atom is -0.468 e. The number of rotatable bonds is 5. The second-order valence-corrected chi connectivity index (χ2v) is 3.93. The van der Waals surface area contributed by atoms with Crippen LogP contribution < -0.4 is 5.32 Å². The van der Waals surface area contributed by atoms with Gasteiger partial charge in [-0.1, -0.05) is 0 Å². The van der Waals surface area contributed by atoms with Crippen molar-refractivity contribution in [1.82, 2.24) is 15.5 Å². The number of ether oxygens (including phenoxy) is 1. The van der Waals surface area contributed by atoms with E-state index >= 15 is 0 Å². The first-order chi connectivity index (χ1) is 7.81. The molecule has 1 aliphatic rings. The van der Waals surface area contributed by atoms with E-state index in [1.807, 2.05) is 12.1 Å². The minimum atomic E-state index is -0.202. The van der Waals surface area contributed by atoms with Crippen LogP contribution in [-0.2, 0) is 16.1 Å². The highest BCUT2D eigenvalue weighted by Gasteiger charge is 2.36. The average Bonchev–Trinajstić information content (AvgIpc) is 3.15. The van der Waals surface area contributed by atoms with E-state index in [2.05, 4.69) is 15.5 Å². The lowest BCUT2D eigenvalue weighted by molar-refractivity contribution is -0.143. The molecule has 0 radical (unpaired) electrons. The van der Waals surface area contributed by atoms with E-state index < -0.39 is 0 Å². The summed E-state index contributed by atoms with van der Waals surface area (Å²) in [6.07, 6.45) is 3.81. The van der Waals surface area contributed by atoms with E-state index in [0.717, 1.165) is 18.5 Å². The molecule has 1 aliphatic carbocycles. The number of carbonyl (C=O) groups excluding carboxylic acids is 1. The molecule has 1 fully saturated rings. The van der Waals surface area contributed by atoms with Crippen LogP contribution >= 0.6 is 0 Å². The maximum absolute atomic E-state index is 11.5. The molecule has 86 valence electrons. The highest BCUT2D eigenvalue weighted by Crippen LogP contribution is 2.33. The SMILES string of the molecule is COC(=O)C(NCc1cccnn1)C1CC1. The van der Waals surface area contributed by atoms with Crippen molar-refractivity contribution in [3.8, 4) is 0 Å². The summed E-state index contributed by atoms with van der Waals surface area (Å²) in [4.78, 5) is 11.5. The molecule has 1 saturated carbocycles. The molecular weight excluding hydrogens is 206 g/mol. The highest BCUT2D eigenvalue weighted by molar-refractivity contribution is 5.76. The second kappa shape index (κ2) is 5.03. The lowest BCUT2D eigenvalue weighted by atomic mass is 10.2. The summed E-state index contributed by atoms with van der Waals surface area (Å²) < 4.78 is 4.76. The number of hydrogen-bond acceptors (Lipinski definition) is 5. The van der Waals surface area contributed by atoms with E-state index in [4.69, 9.17) is 4.74 Å². The number of hydrogen-bond donors (Lipinski definition) is 1. The van der Waals surface area contributed by atoms with Crippen LogP contribution in [0, 0.1) is 5.92 Å². The fourth-order valence-corrected chi connectivity index (χ4v) is 1.64. The van der Waals surface area contributed by atoms with Crippen molar-refractivity contribution >= 4 is 5.97 Å². The summed E-state index contributed by atoms with van der Waals surface area (Å²) in [6, 6.07) is 3.50. The van der Waals surface area contributed by atoms with Gasteiger partial charge in [0, 0.05) is 12.7 Å². The summed E-state index contributed by atoms with van der Waals surface area (Å²) in [5.74, 6) is 0.232. The number of nitrogens with one attached hydrogen (secondary N) is 1. The Labute approximate surface area is 94.2 Å². The average molecular weight is 221 g/mol. The van der Waals surface area contributed by atoms with Gasteiger partial charge in [-0.15, -0.1) is 0 Å². The van der Waals surface area contributed by atoms with Gasteiger partial charge in [0.15, 0.2) is 0 Å². The number of nitrogens with zero attached hydrogens (tertiary/aromatic N) is 2. The van der Waals surface area contributed by atoms with Crippen LogP contribution in [0.1, 0.15) is 18.5 Å². The topological polar surface area (TPSA) is 64.1 Å². The molecule has 1 aromatic rings. The third kappa shape index (κ3) is 2.76. The summed E-state index contributed by atoms with van der Waals surface area (Å²) in [7, 11) is 1.42. The van der Waals surface area contributed by atoms with Gasteiger partial charge in [0.25, 0.3) is 0 Å². The van der Waals surface area contributed by atoms with Crippen molar-refractivity contribution in [2.45, 2.75) is 25.4 Å². The quantitative estimate of drug-likeness (QED) is 0.734. The Morgan fingerprint density at radius 1 is 1.69 bits per heavy atom. The zero-order valence-electron chi connectivity index (χ0n) is 9.22. The molecule has 5 heteroatoms. The van der Waals surface area contributed by atoms with Crippen molar-refractivity contribution < 1.29 is 9.53 Å². The summed E-state index contributed by atoms with van der Waals surface area (Å²) in [6.45, 7) is 0.546. The van der Waals surface area contributed by atoms with Crippen molar-refractivity contribution in [1.29, 1.82) is 0 Å². The molecule has 1 heterocycles. The van der Waals surface area contributed by atoms with Gasteiger partial charge >= 0.3 is 5.97 Å². The Morgan fingerprint density at radius 2 is 2.50 bits per heavy atom. The molecular formula is C11H15N3O2. The standard InChI is InChI=1S/C11H15N3O2/c1-16-11(15)10(8-4-5-8)12-7-9-3-2-6-13-14-9/h2-3,6,8,10,12H,4-5,7H2,1H3. The third-order valence-corrected chi connectivity index (χ3v) is 2.68. The normalized spacial score (nSPS) is 16.8. The Balaban J connectivity index is 1.89. The Kier molecular flexibility index (Phi) is 3.46. The number of aromatic nitrogens is 2. The highest BCUT2D eigenvalue weighted by atomic mass is 16.5. The monoisotopic (exact) mass is 221 g/mol. The van der Waals surface area contributed by atoms with Crippen LogP contribution in [0.15, 0.2) is 18.3 Å². The molecule has 0 aromatic carbocycles. The van der Waals surface area contributed by atoms with Crippen molar-refractivity contribution in [2.75, 3.05) is 7.11 Å². The summed E-state index contributed by atoms with van der Waals surface area (Å²) in [5.41, 5.74) is 0.831. The largest absolute Gasteiger partial charge is 0.468 e. The number of carbonyl (C=O) groups is 1. The smallest absolute Gasteiger partial charge is 0.323 e. The van der Waals surface area contributed by atoms with E-state index in [1.54, 1.807) is 6.20 Å². The lowest BCUT2D eigenvalue weighted by Gasteiger charge is -2.14. The minimum absolute atomic E-state index is 0.189. The maximum atomic E-state index is 11.5. The summed E-state index contributed by atoms with van der Waals surface area (Å²) >= 11 is 0. The van der Waals surface area contributed by atoms with Gasteiger partial charge in [-0.05, 0) is 30.9 Å². The van der Waals surface area contributed by atoms with Crippen LogP contribution in [0.2, 0.25) is 0 Å². The van der Waals surface area contributed by atoms with E-state index in [1.165, 1.54) is 7.11 Å². The van der Waals surface area contributed by atoms with Crippen molar-refractivity contribution in [2.24, 2.45) is 5.92 Å². The van der Waals surface area contributed by atoms with Crippen LogP contribution in [0.4, 0.5) is 0 Å². The molecule has 2 rings (SSSR count).